The molecule has 0 unspecified atom stereocenters. The molecule has 1 amide bonds. The van der Waals surface area contributed by atoms with E-state index in [2.05, 4.69) is 11.8 Å². The average Bonchev–Trinajstić information content (AvgIpc) is 2.67. The van der Waals surface area contributed by atoms with Crippen LogP contribution in [0.15, 0.2) is 48.5 Å². The lowest BCUT2D eigenvalue weighted by Crippen LogP contribution is -2.48. The Bertz CT molecular complexity index is 766. The van der Waals surface area contributed by atoms with Crippen molar-refractivity contribution in [2.24, 2.45) is 0 Å². The Morgan fingerprint density at radius 3 is 2.12 bits per heavy atom. The molecular formula is C20H21ClN2O2. The van der Waals surface area contributed by atoms with Crippen LogP contribution >= 0.6 is 11.6 Å². The number of rotatable bonds is 4. The molecule has 25 heavy (non-hydrogen) atoms. The smallest absolute Gasteiger partial charge is 0.254 e. The third kappa shape index (κ3) is 3.91. The minimum absolute atomic E-state index is 0.0753. The van der Waals surface area contributed by atoms with Crippen molar-refractivity contribution in [3.63, 3.8) is 0 Å². The molecular weight excluding hydrogens is 336 g/mol. The number of ketones is 1. The summed E-state index contributed by atoms with van der Waals surface area (Å²) in [4.78, 5) is 29.9. The van der Waals surface area contributed by atoms with E-state index in [1.54, 1.807) is 48.5 Å². The van der Waals surface area contributed by atoms with Crippen LogP contribution < -0.4 is 0 Å². The van der Waals surface area contributed by atoms with E-state index in [0.717, 1.165) is 19.6 Å². The second kappa shape index (κ2) is 7.81. The maximum atomic E-state index is 12.9. The van der Waals surface area contributed by atoms with E-state index >= 15 is 0 Å². The Hall–Kier alpha value is -2.17. The molecule has 0 aromatic heterocycles. The Kier molecular flexibility index (Phi) is 5.51. The molecule has 0 radical (unpaired) electrons. The van der Waals surface area contributed by atoms with Gasteiger partial charge in [-0.25, -0.2) is 0 Å². The Labute approximate surface area is 153 Å². The van der Waals surface area contributed by atoms with Gasteiger partial charge in [-0.15, -0.1) is 0 Å². The molecule has 1 aliphatic heterocycles. The van der Waals surface area contributed by atoms with E-state index in [9.17, 15) is 9.59 Å². The van der Waals surface area contributed by atoms with Gasteiger partial charge in [0, 0.05) is 42.3 Å². The van der Waals surface area contributed by atoms with Crippen molar-refractivity contribution in [1.82, 2.24) is 9.80 Å². The zero-order valence-corrected chi connectivity index (χ0v) is 15.0. The molecule has 1 aliphatic rings. The molecule has 1 fully saturated rings. The number of carbonyl (C=O) groups excluding carboxylic acids is 2. The number of hydrogen-bond acceptors (Lipinski definition) is 3. The van der Waals surface area contributed by atoms with Crippen LogP contribution in [0.25, 0.3) is 0 Å². The van der Waals surface area contributed by atoms with Gasteiger partial charge in [0.25, 0.3) is 5.91 Å². The van der Waals surface area contributed by atoms with E-state index in [0.29, 0.717) is 34.8 Å². The van der Waals surface area contributed by atoms with E-state index in [4.69, 9.17) is 11.6 Å². The average molecular weight is 357 g/mol. The first kappa shape index (κ1) is 17.6. The van der Waals surface area contributed by atoms with E-state index in [1.807, 2.05) is 4.90 Å². The maximum Gasteiger partial charge on any atom is 0.254 e. The van der Waals surface area contributed by atoms with Crippen LogP contribution in [0.2, 0.25) is 5.02 Å². The normalized spacial score (nSPS) is 15.2. The van der Waals surface area contributed by atoms with Gasteiger partial charge in [-0.3, -0.25) is 9.59 Å². The lowest BCUT2D eigenvalue weighted by Gasteiger charge is -2.34. The second-order valence-electron chi connectivity index (χ2n) is 6.11. The molecule has 0 atom stereocenters. The zero-order chi connectivity index (χ0) is 17.8. The fourth-order valence-electron chi connectivity index (χ4n) is 3.06. The first-order chi connectivity index (χ1) is 12.1. The van der Waals surface area contributed by atoms with Crippen LogP contribution in [0.5, 0.6) is 0 Å². The minimum Gasteiger partial charge on any atom is -0.336 e. The summed E-state index contributed by atoms with van der Waals surface area (Å²) in [7, 11) is 0. The molecule has 0 aliphatic carbocycles. The summed E-state index contributed by atoms with van der Waals surface area (Å²) in [5.74, 6) is -0.235. The quantitative estimate of drug-likeness (QED) is 0.789. The van der Waals surface area contributed by atoms with Crippen LogP contribution in [-0.2, 0) is 0 Å². The first-order valence-electron chi connectivity index (χ1n) is 8.51. The second-order valence-corrected chi connectivity index (χ2v) is 6.54. The molecule has 0 spiro atoms. The van der Waals surface area contributed by atoms with Crippen LogP contribution in [0.1, 0.15) is 33.2 Å². The van der Waals surface area contributed by atoms with E-state index < -0.39 is 0 Å². The Morgan fingerprint density at radius 2 is 1.52 bits per heavy atom. The summed E-state index contributed by atoms with van der Waals surface area (Å²) in [6.45, 7) is 6.24. The summed E-state index contributed by atoms with van der Waals surface area (Å²) < 4.78 is 0. The maximum absolute atomic E-state index is 12.9. The standard InChI is InChI=1S/C20H21ClN2O2/c1-2-22-11-13-23(14-12-22)20(25)18-6-4-3-5-17(18)19(24)15-7-9-16(21)10-8-15/h3-10H,2,11-14H2,1H3. The van der Waals surface area contributed by atoms with Gasteiger partial charge in [0.05, 0.1) is 5.56 Å². The van der Waals surface area contributed by atoms with Crippen molar-refractivity contribution >= 4 is 23.3 Å². The molecule has 0 bridgehead atoms. The number of carbonyl (C=O) groups is 2. The highest BCUT2D eigenvalue weighted by Gasteiger charge is 2.25. The number of hydrogen-bond donors (Lipinski definition) is 0. The lowest BCUT2D eigenvalue weighted by molar-refractivity contribution is 0.0640. The van der Waals surface area contributed by atoms with E-state index in [1.165, 1.54) is 0 Å². The van der Waals surface area contributed by atoms with Gasteiger partial charge in [0.2, 0.25) is 0 Å². The Morgan fingerprint density at radius 1 is 0.920 bits per heavy atom. The summed E-state index contributed by atoms with van der Waals surface area (Å²) in [5, 5.41) is 0.578. The fraction of sp³-hybridized carbons (Fsp3) is 0.300. The summed E-state index contributed by atoms with van der Waals surface area (Å²) in [5.41, 5.74) is 1.43. The van der Waals surface area contributed by atoms with Gasteiger partial charge in [-0.1, -0.05) is 36.7 Å². The predicted octanol–water partition coefficient (Wildman–Crippen LogP) is 3.35. The minimum atomic E-state index is -0.159. The molecule has 4 nitrogen and oxygen atoms in total. The fourth-order valence-corrected chi connectivity index (χ4v) is 3.19. The molecule has 3 rings (SSSR count). The van der Waals surface area contributed by atoms with Crippen LogP contribution in [0.3, 0.4) is 0 Å². The van der Waals surface area contributed by atoms with Crippen LogP contribution in [0.4, 0.5) is 0 Å². The Balaban J connectivity index is 1.84. The number of nitrogens with zero attached hydrogens (tertiary/aromatic N) is 2. The third-order valence-electron chi connectivity index (χ3n) is 4.62. The summed E-state index contributed by atoms with van der Waals surface area (Å²) in [6.07, 6.45) is 0. The predicted molar refractivity (Wildman–Crippen MR) is 99.3 cm³/mol. The number of benzene rings is 2. The number of amides is 1. The van der Waals surface area contributed by atoms with Gasteiger partial charge < -0.3 is 9.80 Å². The van der Waals surface area contributed by atoms with Gasteiger partial charge in [-0.05, 0) is 36.9 Å². The van der Waals surface area contributed by atoms with Gasteiger partial charge in [0.1, 0.15) is 0 Å². The highest BCUT2D eigenvalue weighted by atomic mass is 35.5. The van der Waals surface area contributed by atoms with Gasteiger partial charge >= 0.3 is 0 Å². The molecule has 2 aromatic rings. The first-order valence-corrected chi connectivity index (χ1v) is 8.89. The number of halogens is 1. The van der Waals surface area contributed by atoms with Crippen LogP contribution in [-0.4, -0.2) is 54.2 Å². The molecule has 2 aromatic carbocycles. The van der Waals surface area contributed by atoms with Crippen molar-refractivity contribution in [2.45, 2.75) is 6.92 Å². The lowest BCUT2D eigenvalue weighted by atomic mass is 9.97. The number of piperazine rings is 1. The number of likely N-dealkylation sites (N-methyl/N-ethyl adjacent to an activating group) is 1. The third-order valence-corrected chi connectivity index (χ3v) is 4.87. The van der Waals surface area contributed by atoms with Crippen molar-refractivity contribution < 1.29 is 9.59 Å². The van der Waals surface area contributed by atoms with Gasteiger partial charge in [-0.2, -0.15) is 0 Å². The summed E-state index contributed by atoms with van der Waals surface area (Å²) in [6, 6.07) is 13.8. The topological polar surface area (TPSA) is 40.6 Å². The molecule has 1 heterocycles. The van der Waals surface area contributed by atoms with Crippen molar-refractivity contribution in [2.75, 3.05) is 32.7 Å². The van der Waals surface area contributed by atoms with Gasteiger partial charge in [0.15, 0.2) is 5.78 Å². The largest absolute Gasteiger partial charge is 0.336 e. The van der Waals surface area contributed by atoms with Crippen molar-refractivity contribution in [3.05, 3.63) is 70.2 Å². The molecule has 5 heteroatoms. The molecule has 130 valence electrons. The molecule has 0 N–H and O–H groups in total. The summed E-state index contributed by atoms with van der Waals surface area (Å²) >= 11 is 5.89. The van der Waals surface area contributed by atoms with Crippen molar-refractivity contribution in [3.8, 4) is 0 Å². The highest BCUT2D eigenvalue weighted by molar-refractivity contribution is 6.30. The van der Waals surface area contributed by atoms with Crippen molar-refractivity contribution in [1.29, 1.82) is 0 Å². The SMILES string of the molecule is CCN1CCN(C(=O)c2ccccc2C(=O)c2ccc(Cl)cc2)CC1. The van der Waals surface area contributed by atoms with Crippen LogP contribution in [0, 0.1) is 0 Å². The highest BCUT2D eigenvalue weighted by Crippen LogP contribution is 2.19. The zero-order valence-electron chi connectivity index (χ0n) is 14.2. The monoisotopic (exact) mass is 356 g/mol. The molecule has 1 saturated heterocycles. The molecule has 0 saturated carbocycles. The van der Waals surface area contributed by atoms with E-state index in [-0.39, 0.29) is 11.7 Å².